The summed E-state index contributed by atoms with van der Waals surface area (Å²) >= 11 is 7.87. The lowest BCUT2D eigenvalue weighted by Crippen LogP contribution is -2.49. The Kier molecular flexibility index (Phi) is 17.4. The fraction of sp³-hybridized carbons (Fsp3) is 0.438. The molecule has 0 bridgehead atoms. The number of carbonyl (C=O) groups excluding carboxylic acids is 6. The van der Waals surface area contributed by atoms with Crippen LogP contribution in [-0.4, -0.2) is 144 Å². The lowest BCUT2D eigenvalue weighted by Gasteiger charge is -2.28. The fourth-order valence-corrected chi connectivity index (χ4v) is 5.71. The number of phenols is 2. The topological polar surface area (TPSA) is 384 Å². The van der Waals surface area contributed by atoms with Gasteiger partial charge in [0.1, 0.15) is 54.4 Å². The molecule has 0 aliphatic heterocycles. The highest BCUT2D eigenvalue weighted by atomic mass is 32.1. The number of carboxylic acids is 4. The number of rotatable bonds is 23. The first kappa shape index (κ1) is 46.9. The van der Waals surface area contributed by atoms with Gasteiger partial charge in [-0.05, 0) is 19.3 Å². The Morgan fingerprint density at radius 1 is 0.596 bits per heavy atom. The first-order valence-electron chi connectivity index (χ1n) is 16.6. The number of amides is 4. The lowest BCUT2D eigenvalue weighted by molar-refractivity contribution is -0.139. The first-order valence-corrected chi connectivity index (χ1v) is 17.9. The van der Waals surface area contributed by atoms with Crippen molar-refractivity contribution in [3.63, 3.8) is 0 Å². The van der Waals surface area contributed by atoms with Gasteiger partial charge in [0.25, 0.3) is 0 Å². The monoisotopic (exact) mass is 844 g/mol. The van der Waals surface area contributed by atoms with Crippen molar-refractivity contribution < 1.29 is 83.7 Å². The maximum absolute atomic E-state index is 13.2. The van der Waals surface area contributed by atoms with E-state index in [0.29, 0.717) is 0 Å². The van der Waals surface area contributed by atoms with Crippen LogP contribution in [-0.2, 0) is 43.2 Å². The zero-order chi connectivity index (χ0) is 43.3. The lowest BCUT2D eigenvalue weighted by atomic mass is 9.85. The van der Waals surface area contributed by atoms with Crippen molar-refractivity contribution in [1.82, 2.24) is 21.3 Å². The van der Waals surface area contributed by atoms with E-state index in [2.05, 4.69) is 46.5 Å². The van der Waals surface area contributed by atoms with E-state index < -0.39 is 167 Å². The summed E-state index contributed by atoms with van der Waals surface area (Å²) in [5.74, 6) is -16.6. The van der Waals surface area contributed by atoms with Crippen molar-refractivity contribution in [2.24, 2.45) is 0 Å². The van der Waals surface area contributed by atoms with Crippen molar-refractivity contribution >= 4 is 101 Å². The van der Waals surface area contributed by atoms with Crippen LogP contribution in [0.1, 0.15) is 54.9 Å². The molecule has 0 fully saturated rings. The van der Waals surface area contributed by atoms with Crippen molar-refractivity contribution in [1.29, 1.82) is 0 Å². The van der Waals surface area contributed by atoms with Gasteiger partial charge in [-0.2, -0.15) is 25.3 Å². The normalized spacial score (nSPS) is 14.2. The second-order valence-electron chi connectivity index (χ2n) is 12.0. The number of thiol groups is 2. The third-order valence-corrected chi connectivity index (χ3v) is 8.81. The van der Waals surface area contributed by atoms with Crippen molar-refractivity contribution in [3.05, 3.63) is 16.7 Å². The number of carboxylic acid groups (broad SMARTS) is 4. The number of allylic oxidation sites excluding steroid dienone is 1. The molecule has 13 N–H and O–H groups in total. The van der Waals surface area contributed by atoms with Crippen LogP contribution in [0.2, 0.25) is 0 Å². The van der Waals surface area contributed by atoms with Gasteiger partial charge in [-0.3, -0.25) is 38.4 Å². The number of hydrogen-bond donors (Lipinski definition) is 15. The molecule has 4 atom stereocenters. The number of aliphatic carboxylic acids is 4. The number of hydrogen-bond acceptors (Lipinski definition) is 17. The number of aliphatic hydroxyl groups excluding tert-OH is 1. The Bertz CT molecular complexity index is 1870. The molecular formula is C32H40N6O17S2. The van der Waals surface area contributed by atoms with Gasteiger partial charge in [0.15, 0.2) is 11.5 Å². The third kappa shape index (κ3) is 12.4. The number of phenolic OH excluding ortho intramolecular Hbond substituents is 2. The van der Waals surface area contributed by atoms with Crippen LogP contribution in [0, 0.1) is 0 Å². The van der Waals surface area contributed by atoms with E-state index in [0.717, 1.165) is 0 Å². The third-order valence-electron chi connectivity index (χ3n) is 8.08. The smallest absolute Gasteiger partial charge is 0.326 e. The van der Waals surface area contributed by atoms with Gasteiger partial charge in [-0.1, -0.05) is 6.92 Å². The molecule has 312 valence electrons. The Morgan fingerprint density at radius 3 is 1.32 bits per heavy atom. The van der Waals surface area contributed by atoms with E-state index >= 15 is 0 Å². The molecule has 23 nitrogen and oxygen atoms in total. The Balaban J connectivity index is 2.53. The molecule has 25 heteroatoms. The van der Waals surface area contributed by atoms with Gasteiger partial charge >= 0.3 is 23.9 Å². The summed E-state index contributed by atoms with van der Waals surface area (Å²) in [7, 11) is 0. The highest BCUT2D eigenvalue weighted by Crippen LogP contribution is 2.50. The molecule has 2 rings (SSSR count). The predicted molar refractivity (Wildman–Crippen MR) is 200 cm³/mol. The number of aliphatic hydroxyl groups is 1. The van der Waals surface area contributed by atoms with E-state index in [1.807, 2.05) is 10.6 Å². The van der Waals surface area contributed by atoms with Gasteiger partial charge in [-0.25, -0.2) is 9.59 Å². The largest absolute Gasteiger partial charge is 0.507 e. The van der Waals surface area contributed by atoms with E-state index in [1.165, 1.54) is 6.92 Å². The minimum absolute atomic E-state index is 0.244. The number of carbonyl (C=O) groups is 10. The maximum Gasteiger partial charge on any atom is 0.326 e. The van der Waals surface area contributed by atoms with E-state index in [1.54, 1.807) is 0 Å². The van der Waals surface area contributed by atoms with Crippen LogP contribution in [0.3, 0.4) is 0 Å². The van der Waals surface area contributed by atoms with Crippen LogP contribution in [0.4, 0.5) is 11.4 Å². The molecule has 0 spiro atoms. The van der Waals surface area contributed by atoms with Crippen molar-refractivity contribution in [2.45, 2.75) is 63.2 Å². The summed E-state index contributed by atoms with van der Waals surface area (Å²) < 4.78 is 0. The summed E-state index contributed by atoms with van der Waals surface area (Å²) in [6.45, 7) is -0.175. The zero-order valence-electron chi connectivity index (χ0n) is 29.8. The van der Waals surface area contributed by atoms with Crippen LogP contribution in [0.25, 0.3) is 5.76 Å². The standard InChI is InChI=1S/C32H40N6O17S2/c1-2-11-24(45)20-21(28(49)25(11)46)27(48)23(38-13(32(54)55)4-6-17(40)36-15(10-57)30(51)34-8-19(43)44)22(26(20)47)37-12(31(52)53)3-5-16(39)35-14(9-56)29(50)33-7-18(41)42/h12-15,37-38,45,47-48,56-57H,2-10H2,1H3,(H,33,50)(H,34,51)(H,35,39)(H,36,40)(H,41,42)(H,43,44)(H,52,53)(H,54,55)/t12-,13-,14-,15-/m0/s1. The Hall–Kier alpha value is -6.24. The van der Waals surface area contributed by atoms with Crippen molar-refractivity contribution in [2.75, 3.05) is 35.2 Å². The predicted octanol–water partition coefficient (Wildman–Crippen LogP) is -1.94. The van der Waals surface area contributed by atoms with Gasteiger partial charge < -0.3 is 67.6 Å². The minimum Gasteiger partial charge on any atom is -0.507 e. The van der Waals surface area contributed by atoms with E-state index in [9.17, 15) is 73.5 Å². The number of fused-ring (bicyclic) bond motifs is 1. The SMILES string of the molecule is CCC1=C(O)c2c(O)c(N[C@@H](CCC(=O)N[C@@H](CS)C(=O)NCC(=O)O)C(=O)O)c(N[C@@H](CCC(=O)N[C@@H](CS)C(=O)NCC(=O)O)C(=O)O)c(O)c2C(=O)C1=O. The summed E-state index contributed by atoms with van der Waals surface area (Å²) in [6.07, 6.45) is -2.89. The second kappa shape index (κ2) is 21.2. The van der Waals surface area contributed by atoms with Gasteiger partial charge in [0.2, 0.25) is 35.2 Å². The van der Waals surface area contributed by atoms with E-state index in [4.69, 9.17) is 10.2 Å². The number of ketones is 2. The van der Waals surface area contributed by atoms with Crippen LogP contribution < -0.4 is 31.9 Å². The molecular weight excluding hydrogens is 805 g/mol. The number of aromatic hydroxyl groups is 2. The molecule has 0 saturated carbocycles. The number of Topliss-reactive ketones (excluding diaryl/α,β-unsaturated/α-hetero) is 2. The molecule has 1 aromatic carbocycles. The van der Waals surface area contributed by atoms with Crippen LogP contribution in [0.5, 0.6) is 11.5 Å². The minimum atomic E-state index is -1.92. The van der Waals surface area contributed by atoms with Gasteiger partial charge in [0, 0.05) is 29.9 Å². The number of anilines is 2. The van der Waals surface area contributed by atoms with Crippen molar-refractivity contribution in [3.8, 4) is 11.5 Å². The molecule has 0 radical (unpaired) electrons. The maximum atomic E-state index is 13.2. The van der Waals surface area contributed by atoms with Gasteiger partial charge in [-0.15, -0.1) is 0 Å². The van der Waals surface area contributed by atoms with Crippen LogP contribution in [0.15, 0.2) is 5.57 Å². The number of nitrogens with one attached hydrogen (secondary N) is 6. The summed E-state index contributed by atoms with van der Waals surface area (Å²) in [6, 6.07) is -6.50. The summed E-state index contributed by atoms with van der Waals surface area (Å²) in [5, 5.41) is 84.5. The Morgan fingerprint density at radius 2 is 0.982 bits per heavy atom. The molecule has 0 aromatic heterocycles. The Labute approximate surface area is 332 Å². The average molecular weight is 845 g/mol. The quantitative estimate of drug-likeness (QED) is 0.0247. The van der Waals surface area contributed by atoms with Gasteiger partial charge in [0.05, 0.1) is 11.1 Å². The highest BCUT2D eigenvalue weighted by Gasteiger charge is 2.40. The summed E-state index contributed by atoms with van der Waals surface area (Å²) in [4.78, 5) is 122. The van der Waals surface area contributed by atoms with E-state index in [-0.39, 0.29) is 17.9 Å². The molecule has 0 saturated heterocycles. The molecule has 57 heavy (non-hydrogen) atoms. The molecule has 1 aliphatic rings. The summed E-state index contributed by atoms with van der Waals surface area (Å²) in [5.41, 5.74) is -4.04. The molecule has 0 heterocycles. The molecule has 4 amide bonds. The highest BCUT2D eigenvalue weighted by molar-refractivity contribution is 7.80. The molecule has 1 aromatic rings. The second-order valence-corrected chi connectivity index (χ2v) is 12.7. The number of benzene rings is 1. The zero-order valence-corrected chi connectivity index (χ0v) is 31.6. The fourth-order valence-electron chi connectivity index (χ4n) is 5.20. The average Bonchev–Trinajstić information content (AvgIpc) is 3.14. The van der Waals surface area contributed by atoms with Crippen LogP contribution >= 0.6 is 25.3 Å². The first-order chi connectivity index (χ1) is 26.7. The molecule has 1 aliphatic carbocycles. The molecule has 0 unspecified atom stereocenters.